The number of piperidine rings is 1. The summed E-state index contributed by atoms with van der Waals surface area (Å²) in [6, 6.07) is -0.199. The number of hydrogen-bond donors (Lipinski definition) is 2. The maximum atomic E-state index is 12.6. The zero-order valence-electron chi connectivity index (χ0n) is 13.9. The van der Waals surface area contributed by atoms with E-state index in [0.29, 0.717) is 18.4 Å². The van der Waals surface area contributed by atoms with Crippen molar-refractivity contribution in [3.8, 4) is 0 Å². The number of aliphatic hydroxyl groups excluding tert-OH is 1. The smallest absolute Gasteiger partial charge is 0.322 e. The van der Waals surface area contributed by atoms with Gasteiger partial charge in [0.15, 0.2) is 0 Å². The first kappa shape index (κ1) is 17.2. The second-order valence-electron chi connectivity index (χ2n) is 6.60. The van der Waals surface area contributed by atoms with Crippen molar-refractivity contribution in [2.24, 2.45) is 11.8 Å². The van der Waals surface area contributed by atoms with Gasteiger partial charge in [0.05, 0.1) is 23.4 Å². The van der Waals surface area contributed by atoms with Gasteiger partial charge in [0.25, 0.3) is 0 Å². The van der Waals surface area contributed by atoms with Gasteiger partial charge in [0.2, 0.25) is 0 Å². The van der Waals surface area contributed by atoms with E-state index in [-0.39, 0.29) is 18.7 Å². The summed E-state index contributed by atoms with van der Waals surface area (Å²) in [7, 11) is 0. The quantitative estimate of drug-likeness (QED) is 0.893. The molecule has 2 N–H and O–H groups in total. The Bertz CT molecular complexity index is 515. The van der Waals surface area contributed by atoms with Gasteiger partial charge in [-0.15, -0.1) is 11.3 Å². The van der Waals surface area contributed by atoms with Crippen molar-refractivity contribution in [2.45, 2.75) is 53.0 Å². The number of rotatable bonds is 4. The van der Waals surface area contributed by atoms with E-state index in [1.807, 2.05) is 6.92 Å². The Labute approximate surface area is 136 Å². The average molecular weight is 325 g/mol. The summed E-state index contributed by atoms with van der Waals surface area (Å²) in [5.41, 5.74) is 0.969. The molecule has 0 aromatic carbocycles. The Morgan fingerprint density at radius 3 is 2.91 bits per heavy atom. The summed E-state index contributed by atoms with van der Waals surface area (Å²) in [6.07, 6.45) is 2.92. The molecule has 22 heavy (non-hydrogen) atoms. The van der Waals surface area contributed by atoms with Crippen molar-refractivity contribution in [3.63, 3.8) is 0 Å². The Kier molecular flexibility index (Phi) is 5.81. The van der Waals surface area contributed by atoms with Crippen molar-refractivity contribution in [1.29, 1.82) is 0 Å². The van der Waals surface area contributed by atoms with Crippen molar-refractivity contribution in [2.75, 3.05) is 18.5 Å². The second-order valence-corrected chi connectivity index (χ2v) is 7.80. The number of aromatic nitrogens is 1. The molecule has 2 amide bonds. The third-order valence-electron chi connectivity index (χ3n) is 4.19. The Balaban J connectivity index is 2.11. The summed E-state index contributed by atoms with van der Waals surface area (Å²) in [5.74, 6) is 0.834. The molecular formula is C16H27N3O2S. The van der Waals surface area contributed by atoms with E-state index in [1.165, 1.54) is 11.3 Å². The van der Waals surface area contributed by atoms with Crippen molar-refractivity contribution in [3.05, 3.63) is 10.7 Å². The minimum Gasteiger partial charge on any atom is -0.394 e. The summed E-state index contributed by atoms with van der Waals surface area (Å²) in [5, 5.41) is 14.4. The number of urea groups is 1. The first-order valence-electron chi connectivity index (χ1n) is 8.07. The van der Waals surface area contributed by atoms with Gasteiger partial charge in [-0.3, -0.25) is 5.32 Å². The van der Waals surface area contributed by atoms with Crippen molar-refractivity contribution >= 4 is 22.4 Å². The Hall–Kier alpha value is -1.14. The topological polar surface area (TPSA) is 65.5 Å². The summed E-state index contributed by atoms with van der Waals surface area (Å²) >= 11 is 1.53. The average Bonchev–Trinajstić information content (AvgIpc) is 2.77. The van der Waals surface area contributed by atoms with Crippen LogP contribution in [0.25, 0.3) is 0 Å². The number of aliphatic hydroxyl groups is 1. The van der Waals surface area contributed by atoms with Gasteiger partial charge in [-0.25, -0.2) is 9.78 Å². The molecule has 1 fully saturated rings. The Morgan fingerprint density at radius 1 is 1.55 bits per heavy atom. The first-order chi connectivity index (χ1) is 10.4. The number of thiazole rings is 1. The summed E-state index contributed by atoms with van der Waals surface area (Å²) in [4.78, 5) is 18.9. The molecule has 6 heteroatoms. The highest BCUT2D eigenvalue weighted by Gasteiger charge is 2.31. The molecule has 5 nitrogen and oxygen atoms in total. The van der Waals surface area contributed by atoms with Crippen LogP contribution in [0.5, 0.6) is 0 Å². The molecule has 2 unspecified atom stereocenters. The van der Waals surface area contributed by atoms with Crippen LogP contribution in [-0.4, -0.2) is 40.2 Å². The monoisotopic (exact) mass is 325 g/mol. The fraction of sp³-hybridized carbons (Fsp3) is 0.750. The Morgan fingerprint density at radius 2 is 2.27 bits per heavy atom. The normalized spacial score (nSPS) is 22.2. The molecule has 0 bridgehead atoms. The lowest BCUT2D eigenvalue weighted by Gasteiger charge is -2.38. The molecule has 1 saturated heterocycles. The lowest BCUT2D eigenvalue weighted by Crippen LogP contribution is -2.51. The van der Waals surface area contributed by atoms with Gasteiger partial charge in [0.1, 0.15) is 5.00 Å². The predicted octanol–water partition coefficient (Wildman–Crippen LogP) is 3.27. The van der Waals surface area contributed by atoms with E-state index in [2.05, 4.69) is 31.1 Å². The van der Waals surface area contributed by atoms with Gasteiger partial charge in [0, 0.05) is 6.54 Å². The van der Waals surface area contributed by atoms with Crippen LogP contribution in [-0.2, 0) is 6.42 Å². The first-order valence-corrected chi connectivity index (χ1v) is 8.88. The molecule has 0 saturated carbocycles. The standard InChI is InChI=1S/C16H27N3O2S/c1-10(2)8-13-15(22-12(4)17-13)18-16(21)19-7-5-6-11(3)14(19)9-20/h10-11,14,20H,5-9H2,1-4H3,(H,18,21). The molecule has 0 aliphatic carbocycles. The number of amides is 2. The number of carbonyl (C=O) groups is 1. The van der Waals surface area contributed by atoms with Crippen LogP contribution < -0.4 is 5.32 Å². The number of carbonyl (C=O) groups excluding carboxylic acids is 1. The molecule has 1 aromatic heterocycles. The van der Waals surface area contributed by atoms with Crippen LogP contribution in [0.3, 0.4) is 0 Å². The van der Waals surface area contributed by atoms with Crippen LogP contribution in [0.15, 0.2) is 0 Å². The number of hydrogen-bond acceptors (Lipinski definition) is 4. The zero-order valence-corrected chi connectivity index (χ0v) is 14.7. The van der Waals surface area contributed by atoms with Crippen molar-refractivity contribution in [1.82, 2.24) is 9.88 Å². The minimum absolute atomic E-state index is 0.0230. The van der Waals surface area contributed by atoms with E-state index >= 15 is 0 Å². The predicted molar refractivity (Wildman–Crippen MR) is 90.4 cm³/mol. The second kappa shape index (κ2) is 7.42. The molecule has 0 radical (unpaired) electrons. The summed E-state index contributed by atoms with van der Waals surface area (Å²) in [6.45, 7) is 9.08. The lowest BCUT2D eigenvalue weighted by molar-refractivity contribution is 0.0811. The maximum absolute atomic E-state index is 12.6. The number of likely N-dealkylation sites (tertiary alicyclic amines) is 1. The zero-order chi connectivity index (χ0) is 16.3. The summed E-state index contributed by atoms with van der Waals surface area (Å²) < 4.78 is 0. The number of aryl methyl sites for hydroxylation is 1. The largest absolute Gasteiger partial charge is 0.394 e. The van der Waals surface area contributed by atoms with Crippen LogP contribution in [0, 0.1) is 18.8 Å². The fourth-order valence-electron chi connectivity index (χ4n) is 3.04. The molecular weight excluding hydrogens is 298 g/mol. The molecule has 2 heterocycles. The maximum Gasteiger partial charge on any atom is 0.322 e. The van der Waals surface area contributed by atoms with E-state index in [0.717, 1.165) is 35.0 Å². The SMILES string of the molecule is Cc1nc(CC(C)C)c(NC(=O)N2CCCC(C)C2CO)s1. The van der Waals surface area contributed by atoms with Crippen LogP contribution in [0.4, 0.5) is 9.80 Å². The number of anilines is 1. The molecule has 1 aliphatic rings. The third-order valence-corrected chi connectivity index (χ3v) is 5.12. The highest BCUT2D eigenvalue weighted by atomic mass is 32.1. The molecule has 1 aromatic rings. The van der Waals surface area contributed by atoms with E-state index in [1.54, 1.807) is 4.90 Å². The molecule has 2 rings (SSSR count). The van der Waals surface area contributed by atoms with Crippen LogP contribution in [0.1, 0.15) is 44.3 Å². The van der Waals surface area contributed by atoms with Crippen LogP contribution >= 0.6 is 11.3 Å². The highest BCUT2D eigenvalue weighted by molar-refractivity contribution is 7.16. The van der Waals surface area contributed by atoms with Gasteiger partial charge in [-0.2, -0.15) is 0 Å². The fourth-order valence-corrected chi connectivity index (χ4v) is 3.88. The molecule has 1 aliphatic heterocycles. The lowest BCUT2D eigenvalue weighted by atomic mass is 9.91. The molecule has 124 valence electrons. The van der Waals surface area contributed by atoms with Gasteiger partial charge >= 0.3 is 6.03 Å². The van der Waals surface area contributed by atoms with E-state index in [9.17, 15) is 9.90 Å². The van der Waals surface area contributed by atoms with Crippen molar-refractivity contribution < 1.29 is 9.90 Å². The third kappa shape index (κ3) is 3.98. The van der Waals surface area contributed by atoms with Gasteiger partial charge in [-0.1, -0.05) is 20.8 Å². The van der Waals surface area contributed by atoms with Gasteiger partial charge in [-0.05, 0) is 38.0 Å². The molecule has 0 spiro atoms. The van der Waals surface area contributed by atoms with E-state index < -0.39 is 0 Å². The van der Waals surface area contributed by atoms with Gasteiger partial charge < -0.3 is 10.0 Å². The minimum atomic E-state index is -0.112. The number of nitrogens with zero attached hydrogens (tertiary/aromatic N) is 2. The highest BCUT2D eigenvalue weighted by Crippen LogP contribution is 2.28. The van der Waals surface area contributed by atoms with Crippen LogP contribution in [0.2, 0.25) is 0 Å². The molecule has 2 atom stereocenters. The number of nitrogens with one attached hydrogen (secondary N) is 1. The van der Waals surface area contributed by atoms with E-state index in [4.69, 9.17) is 0 Å².